The normalized spacial score (nSPS) is 13.7. The van der Waals surface area contributed by atoms with Gasteiger partial charge in [0.25, 0.3) is 5.91 Å². The van der Waals surface area contributed by atoms with E-state index in [0.29, 0.717) is 25.0 Å². The molecular weight excluding hydrogens is 306 g/mol. The molecular formula is C19H29NO4. The predicted molar refractivity (Wildman–Crippen MR) is 94.5 cm³/mol. The number of likely N-dealkylation sites (N-methyl/N-ethyl adjacent to an activating group) is 1. The van der Waals surface area contributed by atoms with E-state index in [1.807, 2.05) is 30.3 Å². The molecule has 0 spiro atoms. The summed E-state index contributed by atoms with van der Waals surface area (Å²) >= 11 is 0. The first-order valence-corrected chi connectivity index (χ1v) is 8.17. The molecule has 5 nitrogen and oxygen atoms in total. The second kappa shape index (κ2) is 10.8. The third kappa shape index (κ3) is 7.62. The second-order valence-corrected chi connectivity index (χ2v) is 6.06. The number of ether oxygens (including phenoxy) is 2. The summed E-state index contributed by atoms with van der Waals surface area (Å²) in [6, 6.07) is 7.88. The number of benzene rings is 1. The van der Waals surface area contributed by atoms with Gasteiger partial charge in [-0.05, 0) is 36.0 Å². The zero-order valence-electron chi connectivity index (χ0n) is 15.3. The molecule has 0 N–H and O–H groups in total. The Labute approximate surface area is 145 Å². The summed E-state index contributed by atoms with van der Waals surface area (Å²) in [5.74, 6) is 1.41. The second-order valence-electron chi connectivity index (χ2n) is 6.06. The zero-order chi connectivity index (χ0) is 17.9. The van der Waals surface area contributed by atoms with Gasteiger partial charge in [-0.3, -0.25) is 9.63 Å². The van der Waals surface area contributed by atoms with E-state index in [4.69, 9.17) is 14.3 Å². The predicted octanol–water partition coefficient (Wildman–Crippen LogP) is 3.45. The highest BCUT2D eigenvalue weighted by Crippen LogP contribution is 2.16. The molecule has 0 heterocycles. The molecule has 1 aromatic rings. The quantitative estimate of drug-likeness (QED) is 0.485. The lowest BCUT2D eigenvalue weighted by atomic mass is 9.97. The Balaban J connectivity index is 2.28. The first-order valence-electron chi connectivity index (χ1n) is 8.17. The number of rotatable bonds is 10. The van der Waals surface area contributed by atoms with Crippen LogP contribution in [0.2, 0.25) is 0 Å². The molecule has 0 saturated heterocycles. The number of carbonyl (C=O) groups excluding carboxylic acids is 1. The monoisotopic (exact) mass is 335 g/mol. The molecule has 134 valence electrons. The van der Waals surface area contributed by atoms with Crippen LogP contribution in [0.1, 0.15) is 25.8 Å². The fraction of sp³-hybridized carbons (Fsp3) is 0.526. The zero-order valence-corrected chi connectivity index (χ0v) is 15.3. The van der Waals surface area contributed by atoms with E-state index in [0.717, 1.165) is 17.7 Å². The molecule has 1 rings (SSSR count). The Hall–Kier alpha value is -1.85. The van der Waals surface area contributed by atoms with Gasteiger partial charge in [0.15, 0.2) is 0 Å². The van der Waals surface area contributed by atoms with Crippen LogP contribution in [-0.4, -0.2) is 38.8 Å². The van der Waals surface area contributed by atoms with Crippen LogP contribution in [0.25, 0.3) is 0 Å². The van der Waals surface area contributed by atoms with Gasteiger partial charge >= 0.3 is 0 Å². The summed E-state index contributed by atoms with van der Waals surface area (Å²) in [6.07, 6.45) is 4.43. The number of hydrogen-bond donors (Lipinski definition) is 0. The molecule has 0 aromatic heterocycles. The third-order valence-corrected chi connectivity index (χ3v) is 3.76. The van der Waals surface area contributed by atoms with Crippen molar-refractivity contribution in [1.82, 2.24) is 5.06 Å². The van der Waals surface area contributed by atoms with Crippen molar-refractivity contribution in [2.45, 2.75) is 26.9 Å². The standard InChI is InChI=1S/C19H29NO4/c1-15(6-11-19(21)20(3)23-5)12-16(2)13-24-14-17-7-9-18(22-4)10-8-17/h6-11,15-16H,12-14H2,1-5H3/b11-6+/t15-,16-/m0/s1. The van der Waals surface area contributed by atoms with Gasteiger partial charge in [-0.2, -0.15) is 0 Å². The summed E-state index contributed by atoms with van der Waals surface area (Å²) in [5.41, 5.74) is 1.13. The Kier molecular flexibility index (Phi) is 9.12. The van der Waals surface area contributed by atoms with E-state index in [1.165, 1.54) is 12.2 Å². The highest BCUT2D eigenvalue weighted by Gasteiger charge is 2.09. The minimum absolute atomic E-state index is 0.159. The molecule has 0 saturated carbocycles. The van der Waals surface area contributed by atoms with E-state index < -0.39 is 0 Å². The van der Waals surface area contributed by atoms with E-state index in [2.05, 4.69) is 13.8 Å². The Bertz CT molecular complexity index is 513. The largest absolute Gasteiger partial charge is 0.497 e. The number of hydroxylamine groups is 2. The van der Waals surface area contributed by atoms with Crippen molar-refractivity contribution < 1.29 is 19.1 Å². The molecule has 0 aliphatic heterocycles. The van der Waals surface area contributed by atoms with Crippen LogP contribution in [0, 0.1) is 11.8 Å². The fourth-order valence-electron chi connectivity index (χ4n) is 2.32. The van der Waals surface area contributed by atoms with Crippen molar-refractivity contribution >= 4 is 5.91 Å². The summed E-state index contributed by atoms with van der Waals surface area (Å²) in [4.78, 5) is 16.5. The maximum atomic E-state index is 11.6. The van der Waals surface area contributed by atoms with Crippen molar-refractivity contribution in [3.63, 3.8) is 0 Å². The number of allylic oxidation sites excluding steroid dienone is 1. The number of amides is 1. The van der Waals surface area contributed by atoms with Crippen LogP contribution in [0.3, 0.4) is 0 Å². The van der Waals surface area contributed by atoms with E-state index in [9.17, 15) is 4.79 Å². The fourth-order valence-corrected chi connectivity index (χ4v) is 2.32. The lowest BCUT2D eigenvalue weighted by molar-refractivity contribution is -0.162. The van der Waals surface area contributed by atoms with Crippen LogP contribution in [-0.2, 0) is 21.0 Å². The first kappa shape index (κ1) is 20.2. The highest BCUT2D eigenvalue weighted by atomic mass is 16.7. The van der Waals surface area contributed by atoms with Crippen LogP contribution in [0.5, 0.6) is 5.75 Å². The first-order chi connectivity index (χ1) is 11.5. The maximum Gasteiger partial charge on any atom is 0.269 e. The Morgan fingerprint density at radius 3 is 2.46 bits per heavy atom. The van der Waals surface area contributed by atoms with Gasteiger partial charge < -0.3 is 9.47 Å². The molecule has 1 aromatic carbocycles. The third-order valence-electron chi connectivity index (χ3n) is 3.76. The van der Waals surface area contributed by atoms with Gasteiger partial charge in [-0.15, -0.1) is 0 Å². The van der Waals surface area contributed by atoms with Gasteiger partial charge in [0.2, 0.25) is 0 Å². The van der Waals surface area contributed by atoms with Crippen molar-refractivity contribution in [2.24, 2.45) is 11.8 Å². The molecule has 5 heteroatoms. The number of carbonyl (C=O) groups is 1. The SMILES string of the molecule is COc1ccc(COC[C@@H](C)C[C@@H](C)/C=C/C(=O)N(C)OC)cc1. The molecule has 0 radical (unpaired) electrons. The molecule has 1 amide bonds. The smallest absolute Gasteiger partial charge is 0.269 e. The van der Waals surface area contributed by atoms with E-state index in [-0.39, 0.29) is 5.91 Å². The highest BCUT2D eigenvalue weighted by molar-refractivity contribution is 5.86. The number of methoxy groups -OCH3 is 1. The van der Waals surface area contributed by atoms with Crippen molar-refractivity contribution in [1.29, 1.82) is 0 Å². The summed E-state index contributed by atoms with van der Waals surface area (Å²) in [6.45, 7) is 5.53. The van der Waals surface area contributed by atoms with Crippen LogP contribution in [0.15, 0.2) is 36.4 Å². The number of nitrogens with zero attached hydrogens (tertiary/aromatic N) is 1. The minimum Gasteiger partial charge on any atom is -0.497 e. The lowest BCUT2D eigenvalue weighted by Crippen LogP contribution is -2.23. The lowest BCUT2D eigenvalue weighted by Gasteiger charge is -2.15. The summed E-state index contributed by atoms with van der Waals surface area (Å²) in [5, 5.41) is 1.20. The average molecular weight is 335 g/mol. The molecule has 0 fully saturated rings. The van der Waals surface area contributed by atoms with Crippen LogP contribution >= 0.6 is 0 Å². The molecule has 0 aliphatic rings. The summed E-state index contributed by atoms with van der Waals surface area (Å²) < 4.78 is 10.9. The van der Waals surface area contributed by atoms with Gasteiger partial charge in [0, 0.05) is 19.7 Å². The van der Waals surface area contributed by atoms with Crippen molar-refractivity contribution in [3.8, 4) is 5.75 Å². The Morgan fingerprint density at radius 1 is 1.21 bits per heavy atom. The van der Waals surface area contributed by atoms with Gasteiger partial charge in [-0.25, -0.2) is 5.06 Å². The van der Waals surface area contributed by atoms with Crippen molar-refractivity contribution in [2.75, 3.05) is 27.9 Å². The number of hydrogen-bond acceptors (Lipinski definition) is 4. The molecule has 0 unspecified atom stereocenters. The van der Waals surface area contributed by atoms with Crippen LogP contribution in [0.4, 0.5) is 0 Å². The van der Waals surface area contributed by atoms with Gasteiger partial charge in [0.1, 0.15) is 5.75 Å². The van der Waals surface area contributed by atoms with Crippen LogP contribution < -0.4 is 4.74 Å². The minimum atomic E-state index is -0.159. The van der Waals surface area contributed by atoms with E-state index in [1.54, 1.807) is 20.2 Å². The van der Waals surface area contributed by atoms with Gasteiger partial charge in [0.05, 0.1) is 20.8 Å². The average Bonchev–Trinajstić information content (AvgIpc) is 2.59. The maximum absolute atomic E-state index is 11.6. The molecule has 0 aliphatic carbocycles. The topological polar surface area (TPSA) is 48.0 Å². The molecule has 2 atom stereocenters. The van der Waals surface area contributed by atoms with E-state index >= 15 is 0 Å². The van der Waals surface area contributed by atoms with Gasteiger partial charge in [-0.1, -0.05) is 32.1 Å². The van der Waals surface area contributed by atoms with Crippen molar-refractivity contribution in [3.05, 3.63) is 42.0 Å². The molecule has 24 heavy (non-hydrogen) atoms. The molecule has 0 bridgehead atoms. The Morgan fingerprint density at radius 2 is 1.88 bits per heavy atom. The summed E-state index contributed by atoms with van der Waals surface area (Å²) in [7, 11) is 4.72.